The first-order valence-corrected chi connectivity index (χ1v) is 1.50. The summed E-state index contributed by atoms with van der Waals surface area (Å²) < 4.78 is 25.3. The van der Waals surface area contributed by atoms with Gasteiger partial charge in [-0.2, -0.15) is 0 Å². The molecule has 31 valence electrons. The zero-order valence-corrected chi connectivity index (χ0v) is 4.01. The zero-order valence-electron chi connectivity index (χ0n) is 2.01. The molecule has 0 aliphatic rings. The Morgan fingerprint density at radius 3 is 1.40 bits per heavy atom. The van der Waals surface area contributed by atoms with Gasteiger partial charge in [-0.15, -0.1) is 11.4 Å². The Labute approximate surface area is 42.4 Å². The van der Waals surface area contributed by atoms with E-state index < -0.39 is 11.4 Å². The molecular weight excluding hydrogens is 135 g/mol. The van der Waals surface area contributed by atoms with E-state index in [-0.39, 0.29) is 17.1 Å². The standard InChI is InChI=1S/Mn.H2O3S/c;1-4(2)3/h;(H2,1,2,3)/q+2;/p-2. The zero-order chi connectivity index (χ0) is 3.58. The number of hydrogen-bond donors (Lipinski definition) is 0. The molecule has 0 aromatic carbocycles. The molecule has 1 radical (unpaired) electrons. The normalized spacial score (nSPS) is 7.00. The van der Waals surface area contributed by atoms with E-state index in [0.717, 1.165) is 0 Å². The Hall–Kier alpha value is 0.589. The molecule has 3 nitrogen and oxygen atoms in total. The molecule has 0 saturated carbocycles. The minimum absolute atomic E-state index is 0. The van der Waals surface area contributed by atoms with Gasteiger partial charge in [0.1, 0.15) is 0 Å². The van der Waals surface area contributed by atoms with Crippen LogP contribution >= 0.6 is 0 Å². The van der Waals surface area contributed by atoms with Gasteiger partial charge in [0, 0.05) is 0 Å². The molecule has 0 fully saturated rings. The Balaban J connectivity index is 0. The van der Waals surface area contributed by atoms with Gasteiger partial charge in [-0.05, 0) is 0 Å². The summed E-state index contributed by atoms with van der Waals surface area (Å²) in [4.78, 5) is 0. The van der Waals surface area contributed by atoms with Gasteiger partial charge < -0.3 is 9.11 Å². The van der Waals surface area contributed by atoms with Crippen LogP contribution < -0.4 is 0 Å². The molecule has 0 rings (SSSR count). The third-order valence-corrected chi connectivity index (χ3v) is 0. The summed E-state index contributed by atoms with van der Waals surface area (Å²) in [6.07, 6.45) is 0. The predicted molar refractivity (Wildman–Crippen MR) is 9.70 cm³/mol. The van der Waals surface area contributed by atoms with Crippen LogP contribution in [0.3, 0.4) is 0 Å². The molecule has 0 aliphatic heterocycles. The molecule has 0 unspecified atom stereocenters. The van der Waals surface area contributed by atoms with Crippen LogP contribution in [0.4, 0.5) is 0 Å². The second kappa shape index (κ2) is 4.59. The van der Waals surface area contributed by atoms with Crippen molar-refractivity contribution in [1.29, 1.82) is 0 Å². The van der Waals surface area contributed by atoms with Crippen molar-refractivity contribution in [2.45, 2.75) is 0 Å². The predicted octanol–water partition coefficient (Wildman–Crippen LogP) is -1.01. The monoisotopic (exact) mass is 135 g/mol. The largest absolute Gasteiger partial charge is 2.00 e. The molecule has 0 spiro atoms. The molecule has 5 heteroatoms. The Morgan fingerprint density at radius 1 is 1.40 bits per heavy atom. The molecular formula is MnO3S. The minimum Gasteiger partial charge on any atom is -0.784 e. The van der Waals surface area contributed by atoms with Crippen molar-refractivity contribution in [3.05, 3.63) is 0 Å². The molecule has 0 aromatic heterocycles. The summed E-state index contributed by atoms with van der Waals surface area (Å²) in [7, 11) is 0. The molecule has 0 aromatic rings. The summed E-state index contributed by atoms with van der Waals surface area (Å²) in [6.45, 7) is 0. The van der Waals surface area contributed by atoms with Gasteiger partial charge in [0.05, 0.1) is 0 Å². The van der Waals surface area contributed by atoms with E-state index in [1.165, 1.54) is 0 Å². The van der Waals surface area contributed by atoms with Crippen molar-refractivity contribution >= 4 is 11.4 Å². The molecule has 0 atom stereocenters. The van der Waals surface area contributed by atoms with E-state index in [0.29, 0.717) is 0 Å². The molecule has 0 heterocycles. The minimum atomic E-state index is -3.11. The first-order valence-electron chi connectivity index (χ1n) is 0.500. The fraction of sp³-hybridized carbons (Fsp3) is 0. The topological polar surface area (TPSA) is 63.2 Å². The van der Waals surface area contributed by atoms with Gasteiger partial charge in [0.2, 0.25) is 0 Å². The smallest absolute Gasteiger partial charge is 0.784 e. The van der Waals surface area contributed by atoms with E-state index in [4.69, 9.17) is 13.3 Å². The maximum Gasteiger partial charge on any atom is 2.00 e. The molecule has 5 heavy (non-hydrogen) atoms. The van der Waals surface area contributed by atoms with E-state index >= 15 is 0 Å². The first kappa shape index (κ1) is 9.14. The van der Waals surface area contributed by atoms with Gasteiger partial charge in [-0.25, -0.2) is 0 Å². The Morgan fingerprint density at radius 2 is 1.40 bits per heavy atom. The molecule has 0 amide bonds. The van der Waals surface area contributed by atoms with Crippen molar-refractivity contribution in [2.24, 2.45) is 0 Å². The fourth-order valence-electron chi connectivity index (χ4n) is 0. The average molecular weight is 135 g/mol. The number of rotatable bonds is 0. The summed E-state index contributed by atoms with van der Waals surface area (Å²) in [5, 5.41) is 0. The van der Waals surface area contributed by atoms with Crippen molar-refractivity contribution in [3.8, 4) is 0 Å². The quantitative estimate of drug-likeness (QED) is 0.316. The molecule has 0 saturated heterocycles. The van der Waals surface area contributed by atoms with Gasteiger partial charge in [0.25, 0.3) is 0 Å². The van der Waals surface area contributed by atoms with Gasteiger partial charge in [-0.3, -0.25) is 4.21 Å². The van der Waals surface area contributed by atoms with Crippen molar-refractivity contribution < 1.29 is 30.4 Å². The van der Waals surface area contributed by atoms with E-state index in [1.54, 1.807) is 0 Å². The summed E-state index contributed by atoms with van der Waals surface area (Å²) in [6, 6.07) is 0. The summed E-state index contributed by atoms with van der Waals surface area (Å²) in [5.74, 6) is 0. The molecule has 0 bridgehead atoms. The third-order valence-electron chi connectivity index (χ3n) is 0. The van der Waals surface area contributed by atoms with Crippen LogP contribution in [0.2, 0.25) is 0 Å². The van der Waals surface area contributed by atoms with Crippen LogP contribution in [0.15, 0.2) is 0 Å². The van der Waals surface area contributed by atoms with Crippen LogP contribution in [-0.4, -0.2) is 13.3 Å². The second-order valence-corrected chi connectivity index (χ2v) is 0.612. The maximum atomic E-state index is 8.44. The van der Waals surface area contributed by atoms with Crippen LogP contribution in [0.25, 0.3) is 0 Å². The second-order valence-electron chi connectivity index (χ2n) is 0.204. The summed E-state index contributed by atoms with van der Waals surface area (Å²) in [5.41, 5.74) is 0. The summed E-state index contributed by atoms with van der Waals surface area (Å²) >= 11 is -3.11. The van der Waals surface area contributed by atoms with Gasteiger partial charge in [-0.1, -0.05) is 0 Å². The van der Waals surface area contributed by atoms with Crippen molar-refractivity contribution in [2.75, 3.05) is 0 Å². The van der Waals surface area contributed by atoms with Crippen LogP contribution in [0, 0.1) is 0 Å². The van der Waals surface area contributed by atoms with E-state index in [2.05, 4.69) is 0 Å². The average Bonchev–Trinajstić information content (AvgIpc) is 0.811. The van der Waals surface area contributed by atoms with Gasteiger partial charge >= 0.3 is 17.1 Å². The Kier molecular flexibility index (Phi) is 8.39. The van der Waals surface area contributed by atoms with Crippen LogP contribution in [0.1, 0.15) is 0 Å². The van der Waals surface area contributed by atoms with Crippen molar-refractivity contribution in [3.63, 3.8) is 0 Å². The van der Waals surface area contributed by atoms with E-state index in [9.17, 15) is 0 Å². The van der Waals surface area contributed by atoms with Crippen LogP contribution in [0.5, 0.6) is 0 Å². The van der Waals surface area contributed by atoms with Crippen LogP contribution in [-0.2, 0) is 28.4 Å². The SMILES string of the molecule is O=S([O-])[O-].[Mn+2]. The fourth-order valence-corrected chi connectivity index (χ4v) is 0. The molecule has 0 aliphatic carbocycles. The Bertz CT molecular complexity index is 29.9. The van der Waals surface area contributed by atoms with Crippen molar-refractivity contribution in [1.82, 2.24) is 0 Å². The first-order chi connectivity index (χ1) is 1.73. The third kappa shape index (κ3) is 88.6. The van der Waals surface area contributed by atoms with Gasteiger partial charge in [0.15, 0.2) is 0 Å². The molecule has 0 N–H and O–H groups in total. The maximum absolute atomic E-state index is 8.44. The number of hydrogen-bond acceptors (Lipinski definition) is 3. The van der Waals surface area contributed by atoms with E-state index in [1.807, 2.05) is 0 Å².